The van der Waals surface area contributed by atoms with Crippen molar-refractivity contribution >= 4 is 26.0 Å². The number of sulfonamides is 1. The van der Waals surface area contributed by atoms with E-state index in [1.54, 1.807) is 6.92 Å². The van der Waals surface area contributed by atoms with Gasteiger partial charge >= 0.3 is 0 Å². The largest absolute Gasteiger partial charge is 0.375 e. The molecule has 1 unspecified atom stereocenters. The van der Waals surface area contributed by atoms with Gasteiger partial charge in [-0.25, -0.2) is 13.4 Å². The van der Waals surface area contributed by atoms with E-state index < -0.39 is 10.0 Å². The van der Waals surface area contributed by atoms with Gasteiger partial charge in [0, 0.05) is 18.4 Å². The molecule has 0 bridgehead atoms. The number of alkyl halides is 1. The molecule has 0 radical (unpaired) electrons. The molecule has 0 saturated carbocycles. The van der Waals surface area contributed by atoms with Crippen molar-refractivity contribution in [2.24, 2.45) is 0 Å². The number of imidazole rings is 1. The number of aromatic amines is 1. The fourth-order valence-corrected chi connectivity index (χ4v) is 3.48. The Balaban J connectivity index is 2.21. The monoisotopic (exact) mass is 323 g/mol. The van der Waals surface area contributed by atoms with Crippen molar-refractivity contribution in [1.82, 2.24) is 14.3 Å². The highest BCUT2D eigenvalue weighted by atomic mass is 79.9. The Bertz CT molecular complexity index is 487. The highest BCUT2D eigenvalue weighted by Crippen LogP contribution is 2.17. The molecular formula is C9H14BrN3O3S. The Morgan fingerprint density at radius 1 is 1.71 bits per heavy atom. The standard InChI is InChI=1S/C9H14BrN3O3S/c1-7-11-5-9(12-7)17(14,15)13-2-3-16-8(4-10)6-13/h5,8H,2-4,6H2,1H3,(H,11,12). The second kappa shape index (κ2) is 5.05. The lowest BCUT2D eigenvalue weighted by Gasteiger charge is -2.30. The molecule has 1 aliphatic rings. The quantitative estimate of drug-likeness (QED) is 0.822. The molecule has 1 aromatic heterocycles. The van der Waals surface area contributed by atoms with Crippen LogP contribution in [0.15, 0.2) is 11.2 Å². The molecule has 1 N–H and O–H groups in total. The molecule has 0 amide bonds. The normalized spacial score (nSPS) is 22.8. The topological polar surface area (TPSA) is 75.3 Å². The minimum atomic E-state index is -3.47. The van der Waals surface area contributed by atoms with Gasteiger partial charge in [-0.05, 0) is 6.92 Å². The van der Waals surface area contributed by atoms with E-state index in [0.717, 1.165) is 0 Å². The number of H-pyrrole nitrogens is 1. The summed E-state index contributed by atoms with van der Waals surface area (Å²) in [7, 11) is -3.47. The van der Waals surface area contributed by atoms with Crippen LogP contribution in [0.4, 0.5) is 0 Å². The lowest BCUT2D eigenvalue weighted by Crippen LogP contribution is -2.46. The van der Waals surface area contributed by atoms with Crippen LogP contribution in [0.25, 0.3) is 0 Å². The summed E-state index contributed by atoms with van der Waals surface area (Å²) in [5, 5.41) is 0.770. The minimum Gasteiger partial charge on any atom is -0.375 e. The SMILES string of the molecule is Cc1ncc(S(=O)(=O)N2CCOC(CBr)C2)[nH]1. The van der Waals surface area contributed by atoms with Crippen LogP contribution >= 0.6 is 15.9 Å². The molecular weight excluding hydrogens is 310 g/mol. The minimum absolute atomic E-state index is 0.0949. The zero-order valence-electron chi connectivity index (χ0n) is 9.39. The van der Waals surface area contributed by atoms with Crippen molar-refractivity contribution < 1.29 is 13.2 Å². The molecule has 17 heavy (non-hydrogen) atoms. The van der Waals surface area contributed by atoms with Crippen LogP contribution in [0.1, 0.15) is 5.82 Å². The number of rotatable bonds is 3. The van der Waals surface area contributed by atoms with E-state index >= 15 is 0 Å². The number of nitrogens with one attached hydrogen (secondary N) is 1. The van der Waals surface area contributed by atoms with Crippen LogP contribution in [0.2, 0.25) is 0 Å². The first kappa shape index (κ1) is 13.0. The number of nitrogens with zero attached hydrogens (tertiary/aromatic N) is 2. The lowest BCUT2D eigenvalue weighted by atomic mass is 10.3. The smallest absolute Gasteiger partial charge is 0.260 e. The Morgan fingerprint density at radius 3 is 3.06 bits per heavy atom. The fraction of sp³-hybridized carbons (Fsp3) is 0.667. The summed E-state index contributed by atoms with van der Waals surface area (Å²) in [6, 6.07) is 0. The third kappa shape index (κ3) is 2.70. The Kier molecular flexibility index (Phi) is 3.86. The van der Waals surface area contributed by atoms with Gasteiger partial charge in [0.15, 0.2) is 5.03 Å². The highest BCUT2D eigenvalue weighted by molar-refractivity contribution is 9.09. The summed E-state index contributed by atoms with van der Waals surface area (Å²) in [5.74, 6) is 0.592. The van der Waals surface area contributed by atoms with E-state index in [4.69, 9.17) is 4.74 Å². The summed E-state index contributed by atoms with van der Waals surface area (Å²) in [5.41, 5.74) is 0. The number of aryl methyl sites for hydroxylation is 1. The molecule has 6 nitrogen and oxygen atoms in total. The second-order valence-electron chi connectivity index (χ2n) is 3.84. The van der Waals surface area contributed by atoms with Gasteiger partial charge in [-0.15, -0.1) is 0 Å². The molecule has 1 aromatic rings. The molecule has 1 fully saturated rings. The second-order valence-corrected chi connectivity index (χ2v) is 6.40. The predicted octanol–water partition coefficient (Wildman–Crippen LogP) is 0.503. The van der Waals surface area contributed by atoms with E-state index in [1.807, 2.05) is 0 Å². The molecule has 0 spiro atoms. The van der Waals surface area contributed by atoms with Gasteiger partial charge in [0.05, 0.1) is 18.9 Å². The first-order valence-corrected chi connectivity index (χ1v) is 7.79. The van der Waals surface area contributed by atoms with E-state index in [-0.39, 0.29) is 11.1 Å². The van der Waals surface area contributed by atoms with Crippen LogP contribution in [0.3, 0.4) is 0 Å². The van der Waals surface area contributed by atoms with Gasteiger partial charge < -0.3 is 9.72 Å². The number of ether oxygens (including phenoxy) is 1. The highest BCUT2D eigenvalue weighted by Gasteiger charge is 2.31. The van der Waals surface area contributed by atoms with Gasteiger partial charge in [-0.2, -0.15) is 4.31 Å². The third-order valence-electron chi connectivity index (χ3n) is 2.57. The number of aromatic nitrogens is 2. The van der Waals surface area contributed by atoms with Crippen LogP contribution in [-0.4, -0.2) is 53.8 Å². The average Bonchev–Trinajstić information content (AvgIpc) is 2.76. The predicted molar refractivity (Wildman–Crippen MR) is 65.6 cm³/mol. The molecule has 2 heterocycles. The van der Waals surface area contributed by atoms with Crippen molar-refractivity contribution in [1.29, 1.82) is 0 Å². The van der Waals surface area contributed by atoms with E-state index in [2.05, 4.69) is 25.9 Å². The first-order chi connectivity index (χ1) is 8.04. The zero-order chi connectivity index (χ0) is 12.5. The number of morpholine rings is 1. The van der Waals surface area contributed by atoms with Crippen molar-refractivity contribution in [2.75, 3.05) is 25.0 Å². The van der Waals surface area contributed by atoms with Crippen LogP contribution in [0.5, 0.6) is 0 Å². The van der Waals surface area contributed by atoms with Gasteiger partial charge in [0.2, 0.25) is 0 Å². The van der Waals surface area contributed by atoms with E-state index in [9.17, 15) is 8.42 Å². The summed E-state index contributed by atoms with van der Waals surface area (Å²) in [4.78, 5) is 6.67. The first-order valence-electron chi connectivity index (χ1n) is 5.23. The number of halogens is 1. The Hall–Kier alpha value is -0.440. The summed E-state index contributed by atoms with van der Waals surface area (Å²) in [6.45, 7) is 2.89. The Labute approximate surface area is 109 Å². The third-order valence-corrected chi connectivity index (χ3v) is 5.07. The average molecular weight is 324 g/mol. The number of hydrogen-bond acceptors (Lipinski definition) is 4. The van der Waals surface area contributed by atoms with Crippen LogP contribution < -0.4 is 0 Å². The molecule has 1 saturated heterocycles. The maximum atomic E-state index is 12.2. The number of hydrogen-bond donors (Lipinski definition) is 1. The molecule has 0 aromatic carbocycles. The van der Waals surface area contributed by atoms with Gasteiger partial charge in [-0.1, -0.05) is 15.9 Å². The fourth-order valence-electron chi connectivity index (χ4n) is 1.67. The van der Waals surface area contributed by atoms with Crippen LogP contribution in [-0.2, 0) is 14.8 Å². The molecule has 2 rings (SSSR count). The maximum absolute atomic E-state index is 12.2. The summed E-state index contributed by atoms with van der Waals surface area (Å²) in [6.07, 6.45) is 1.26. The molecule has 8 heteroatoms. The lowest BCUT2D eigenvalue weighted by molar-refractivity contribution is 0.0136. The van der Waals surface area contributed by atoms with E-state index in [0.29, 0.717) is 30.9 Å². The van der Waals surface area contributed by atoms with Gasteiger partial charge in [-0.3, -0.25) is 0 Å². The van der Waals surface area contributed by atoms with E-state index in [1.165, 1.54) is 10.5 Å². The summed E-state index contributed by atoms with van der Waals surface area (Å²) >= 11 is 3.30. The summed E-state index contributed by atoms with van der Waals surface area (Å²) < 4.78 is 31.3. The maximum Gasteiger partial charge on any atom is 0.260 e. The van der Waals surface area contributed by atoms with Gasteiger partial charge in [0.1, 0.15) is 5.82 Å². The van der Waals surface area contributed by atoms with Gasteiger partial charge in [0.25, 0.3) is 10.0 Å². The van der Waals surface area contributed by atoms with Crippen molar-refractivity contribution in [3.05, 3.63) is 12.0 Å². The molecule has 1 atom stereocenters. The van der Waals surface area contributed by atoms with Crippen molar-refractivity contribution in [2.45, 2.75) is 18.1 Å². The molecule has 96 valence electrons. The van der Waals surface area contributed by atoms with Crippen molar-refractivity contribution in [3.63, 3.8) is 0 Å². The molecule has 0 aliphatic carbocycles. The molecule has 1 aliphatic heterocycles. The van der Waals surface area contributed by atoms with Crippen LogP contribution in [0, 0.1) is 6.92 Å². The van der Waals surface area contributed by atoms with Crippen molar-refractivity contribution in [3.8, 4) is 0 Å². The zero-order valence-corrected chi connectivity index (χ0v) is 11.8. The Morgan fingerprint density at radius 2 is 2.47 bits per heavy atom.